The van der Waals surface area contributed by atoms with E-state index in [1.54, 1.807) is 6.07 Å². The van der Waals surface area contributed by atoms with Gasteiger partial charge in [-0.05, 0) is 55.9 Å². The van der Waals surface area contributed by atoms with E-state index in [9.17, 15) is 25.1 Å². The highest BCUT2D eigenvalue weighted by atomic mass is 16.3. The van der Waals surface area contributed by atoms with Gasteiger partial charge in [-0.15, -0.1) is 0 Å². The number of amides is 2. The summed E-state index contributed by atoms with van der Waals surface area (Å²) in [6.45, 7) is 5.96. The number of nitriles is 1. The molecule has 0 radical (unpaired) electrons. The van der Waals surface area contributed by atoms with Crippen LogP contribution in [0.1, 0.15) is 43.4 Å². The van der Waals surface area contributed by atoms with E-state index in [0.717, 1.165) is 42.7 Å². The summed E-state index contributed by atoms with van der Waals surface area (Å²) in [6, 6.07) is 17.4. The van der Waals surface area contributed by atoms with Crippen LogP contribution in [0, 0.1) is 17.2 Å². The van der Waals surface area contributed by atoms with Crippen LogP contribution in [0.3, 0.4) is 0 Å². The fraction of sp³-hybridized carbons (Fsp3) is 0.444. The number of para-hydroxylation sites is 1. The Balaban J connectivity index is 1.28. The van der Waals surface area contributed by atoms with Gasteiger partial charge in [-0.2, -0.15) is 5.26 Å². The summed E-state index contributed by atoms with van der Waals surface area (Å²) < 4.78 is 0. The normalized spacial score (nSPS) is 18.9. The third-order valence-corrected chi connectivity index (χ3v) is 7.31. The Morgan fingerprint density at radius 3 is 2.43 bits per heavy atom. The summed E-state index contributed by atoms with van der Waals surface area (Å²) in [5.41, 5.74) is 2.89. The number of fused-ring (bicyclic) bond motifs is 1. The number of nitrogens with one attached hydrogen (secondary N) is 1. The summed E-state index contributed by atoms with van der Waals surface area (Å²) in [4.78, 5) is 29.2. The second-order valence-electron chi connectivity index (χ2n) is 9.83. The summed E-state index contributed by atoms with van der Waals surface area (Å²) in [6.07, 6.45) is -2.05. The molecule has 2 atom stereocenters. The molecule has 4 rings (SSSR count). The molecule has 2 aromatic carbocycles. The maximum Gasteiger partial charge on any atom is 0.255 e. The van der Waals surface area contributed by atoms with Crippen LogP contribution in [0.4, 0.5) is 5.69 Å². The van der Waals surface area contributed by atoms with Crippen molar-refractivity contribution < 1.29 is 19.8 Å². The van der Waals surface area contributed by atoms with Crippen LogP contribution in [0.25, 0.3) is 0 Å². The molecule has 0 unspecified atom stereocenters. The summed E-state index contributed by atoms with van der Waals surface area (Å²) >= 11 is 0. The van der Waals surface area contributed by atoms with Crippen molar-refractivity contribution in [3.8, 4) is 6.07 Å². The molecule has 2 aromatic rings. The molecule has 2 aliphatic rings. The number of anilines is 1. The molecule has 35 heavy (non-hydrogen) atoms. The molecule has 2 heterocycles. The summed E-state index contributed by atoms with van der Waals surface area (Å²) in [5, 5.41) is 33.0. The third kappa shape index (κ3) is 4.88. The summed E-state index contributed by atoms with van der Waals surface area (Å²) in [5.74, 6) is -1.22. The molecule has 0 aromatic heterocycles. The number of hydrogen-bond acceptors (Lipinski definition) is 6. The lowest BCUT2D eigenvalue weighted by Gasteiger charge is -2.35. The van der Waals surface area contributed by atoms with Crippen molar-refractivity contribution in [3.05, 3.63) is 65.2 Å². The maximum absolute atomic E-state index is 13.0. The molecule has 1 fully saturated rings. The highest BCUT2D eigenvalue weighted by molar-refractivity contribution is 5.91. The van der Waals surface area contributed by atoms with Crippen LogP contribution in [0.15, 0.2) is 48.5 Å². The van der Waals surface area contributed by atoms with Crippen molar-refractivity contribution in [2.75, 3.05) is 24.5 Å². The van der Waals surface area contributed by atoms with E-state index >= 15 is 0 Å². The Morgan fingerprint density at radius 2 is 1.74 bits per heavy atom. The topological polar surface area (TPSA) is 117 Å². The SMILES string of the molecule is CC1(C)c2ccccc2CN1C(=O)[C@H](O)[C@@H](O)C(=O)NCC1CCN(c2ccccc2C#N)CC1. The standard InChI is InChI=1S/C27H32N4O4/c1-27(2)21-9-5-3-8-20(21)17-31(27)26(35)24(33)23(32)25(34)29-16-18-11-13-30(14-12-18)22-10-6-4-7-19(22)15-28/h3-10,18,23-24,32-33H,11-14,16-17H2,1-2H3,(H,29,34)/t23-,24-/m1/s1. The van der Waals surface area contributed by atoms with Crippen LogP contribution in [0.5, 0.6) is 0 Å². The second kappa shape index (κ2) is 10.1. The maximum atomic E-state index is 13.0. The Hall–Kier alpha value is -3.41. The smallest absolute Gasteiger partial charge is 0.255 e. The van der Waals surface area contributed by atoms with Crippen LogP contribution < -0.4 is 10.2 Å². The fourth-order valence-electron chi connectivity index (χ4n) is 5.13. The lowest BCUT2D eigenvalue weighted by molar-refractivity contribution is -0.157. The quantitative estimate of drug-likeness (QED) is 0.586. The zero-order chi connectivity index (χ0) is 25.2. The Kier molecular flexibility index (Phi) is 7.10. The highest BCUT2D eigenvalue weighted by Crippen LogP contribution is 2.39. The molecule has 8 heteroatoms. The minimum atomic E-state index is -1.84. The van der Waals surface area contributed by atoms with Gasteiger partial charge in [0.05, 0.1) is 16.8 Å². The van der Waals surface area contributed by atoms with Gasteiger partial charge in [0.15, 0.2) is 12.2 Å². The van der Waals surface area contributed by atoms with Crippen molar-refractivity contribution in [2.24, 2.45) is 5.92 Å². The van der Waals surface area contributed by atoms with Gasteiger partial charge in [0.25, 0.3) is 11.8 Å². The molecule has 3 N–H and O–H groups in total. The zero-order valence-electron chi connectivity index (χ0n) is 20.1. The first-order chi connectivity index (χ1) is 16.7. The number of piperidine rings is 1. The van der Waals surface area contributed by atoms with Gasteiger partial charge >= 0.3 is 0 Å². The number of carbonyl (C=O) groups is 2. The molecular formula is C27H32N4O4. The molecule has 0 saturated carbocycles. The van der Waals surface area contributed by atoms with Crippen LogP contribution in [0.2, 0.25) is 0 Å². The fourth-order valence-corrected chi connectivity index (χ4v) is 5.13. The first-order valence-electron chi connectivity index (χ1n) is 12.0. The van der Waals surface area contributed by atoms with Gasteiger partial charge in [-0.1, -0.05) is 36.4 Å². The molecule has 0 aliphatic carbocycles. The number of nitrogens with zero attached hydrogens (tertiary/aromatic N) is 3. The molecule has 0 bridgehead atoms. The van der Waals surface area contributed by atoms with E-state index in [4.69, 9.17) is 0 Å². The minimum absolute atomic E-state index is 0.205. The lowest BCUT2D eigenvalue weighted by atomic mass is 9.93. The Bertz CT molecular complexity index is 1130. The van der Waals surface area contributed by atoms with E-state index in [0.29, 0.717) is 18.7 Å². The number of rotatable bonds is 6. The molecule has 2 amide bonds. The van der Waals surface area contributed by atoms with E-state index in [-0.39, 0.29) is 5.92 Å². The molecular weight excluding hydrogens is 444 g/mol. The van der Waals surface area contributed by atoms with Gasteiger partial charge in [0.2, 0.25) is 0 Å². The van der Waals surface area contributed by atoms with E-state index in [2.05, 4.69) is 16.3 Å². The molecule has 184 valence electrons. The van der Waals surface area contributed by atoms with Crippen molar-refractivity contribution in [1.29, 1.82) is 5.26 Å². The van der Waals surface area contributed by atoms with Gasteiger partial charge in [0.1, 0.15) is 6.07 Å². The Morgan fingerprint density at radius 1 is 1.09 bits per heavy atom. The minimum Gasteiger partial charge on any atom is -0.380 e. The van der Waals surface area contributed by atoms with Gasteiger partial charge in [-0.25, -0.2) is 0 Å². The third-order valence-electron chi connectivity index (χ3n) is 7.31. The number of hydrogen-bond donors (Lipinski definition) is 3. The van der Waals surface area contributed by atoms with Gasteiger partial charge < -0.3 is 25.3 Å². The van der Waals surface area contributed by atoms with E-state index in [1.807, 2.05) is 56.3 Å². The molecule has 1 saturated heterocycles. The Labute approximate surface area is 205 Å². The van der Waals surface area contributed by atoms with E-state index < -0.39 is 29.6 Å². The molecule has 8 nitrogen and oxygen atoms in total. The number of aliphatic hydroxyl groups excluding tert-OH is 2. The number of benzene rings is 2. The molecule has 0 spiro atoms. The van der Waals surface area contributed by atoms with E-state index in [1.165, 1.54) is 4.90 Å². The second-order valence-corrected chi connectivity index (χ2v) is 9.83. The van der Waals surface area contributed by atoms with Crippen molar-refractivity contribution in [1.82, 2.24) is 10.2 Å². The van der Waals surface area contributed by atoms with Crippen LogP contribution in [-0.2, 0) is 21.7 Å². The average Bonchev–Trinajstić information content (AvgIpc) is 3.16. The van der Waals surface area contributed by atoms with Crippen LogP contribution >= 0.6 is 0 Å². The highest BCUT2D eigenvalue weighted by Gasteiger charge is 2.44. The largest absolute Gasteiger partial charge is 0.380 e. The van der Waals surface area contributed by atoms with Gasteiger partial charge in [-0.3, -0.25) is 9.59 Å². The van der Waals surface area contributed by atoms with Crippen molar-refractivity contribution in [2.45, 2.75) is 51.0 Å². The zero-order valence-corrected chi connectivity index (χ0v) is 20.1. The van der Waals surface area contributed by atoms with Crippen molar-refractivity contribution >= 4 is 17.5 Å². The molecule has 2 aliphatic heterocycles. The number of aliphatic hydroxyl groups is 2. The van der Waals surface area contributed by atoms with Crippen molar-refractivity contribution in [3.63, 3.8) is 0 Å². The predicted molar refractivity (Wildman–Crippen MR) is 131 cm³/mol. The first-order valence-corrected chi connectivity index (χ1v) is 12.0. The number of carbonyl (C=O) groups excluding carboxylic acids is 2. The monoisotopic (exact) mass is 476 g/mol. The average molecular weight is 477 g/mol. The van der Waals surface area contributed by atoms with Gasteiger partial charge in [0, 0.05) is 26.2 Å². The predicted octanol–water partition coefficient (Wildman–Crippen LogP) is 1.89. The van der Waals surface area contributed by atoms with Crippen LogP contribution in [-0.4, -0.2) is 58.8 Å². The summed E-state index contributed by atoms with van der Waals surface area (Å²) in [7, 11) is 0. The first kappa shape index (κ1) is 24.7. The lowest BCUT2D eigenvalue weighted by Crippen LogP contribution is -2.53.